The second-order valence-electron chi connectivity index (χ2n) is 4.25. The maximum absolute atomic E-state index is 13.1. The van der Waals surface area contributed by atoms with Crippen LogP contribution in [0.2, 0.25) is 0 Å². The third kappa shape index (κ3) is 2.61. The lowest BCUT2D eigenvalue weighted by Crippen LogP contribution is -2.22. The Morgan fingerprint density at radius 3 is 2.59 bits per heavy atom. The van der Waals surface area contributed by atoms with E-state index in [1.54, 1.807) is 12.1 Å². The van der Waals surface area contributed by atoms with Crippen molar-refractivity contribution in [3.8, 4) is 6.07 Å². The van der Waals surface area contributed by atoms with Crippen LogP contribution in [0.5, 0.6) is 0 Å². The predicted octanol–water partition coefficient (Wildman–Crippen LogP) is 0.235. The molecule has 4 nitrogen and oxygen atoms in total. The Balaban J connectivity index is 2.07. The van der Waals surface area contributed by atoms with Gasteiger partial charge in [-0.25, -0.2) is 4.39 Å². The number of rotatable bonds is 2. The van der Waals surface area contributed by atoms with Gasteiger partial charge in [-0.15, -0.1) is 0 Å². The van der Waals surface area contributed by atoms with Gasteiger partial charge in [-0.05, 0) is 17.7 Å². The van der Waals surface area contributed by atoms with Crippen LogP contribution in [0.25, 0.3) is 0 Å². The second kappa shape index (κ2) is 4.80. The first-order valence-electron chi connectivity index (χ1n) is 5.37. The average Bonchev–Trinajstić information content (AvgIpc) is 2.61. The molecule has 1 aromatic rings. The van der Waals surface area contributed by atoms with Crippen LogP contribution in [-0.4, -0.2) is 40.4 Å². The van der Waals surface area contributed by atoms with Crippen LogP contribution in [0.4, 0.5) is 4.39 Å². The van der Waals surface area contributed by atoms with Crippen molar-refractivity contribution in [3.63, 3.8) is 0 Å². The van der Waals surface area contributed by atoms with Crippen LogP contribution in [0.3, 0.4) is 0 Å². The van der Waals surface area contributed by atoms with E-state index in [9.17, 15) is 14.6 Å². The fraction of sp³-hybridized carbons (Fsp3) is 0.417. The number of hydrogen-bond donors (Lipinski definition) is 2. The lowest BCUT2D eigenvalue weighted by Gasteiger charge is -2.14. The molecule has 0 spiro atoms. The van der Waals surface area contributed by atoms with Crippen molar-refractivity contribution in [3.05, 3.63) is 35.1 Å². The van der Waals surface area contributed by atoms with E-state index >= 15 is 0 Å². The number of halogens is 1. The van der Waals surface area contributed by atoms with E-state index in [-0.39, 0.29) is 5.56 Å². The summed E-state index contributed by atoms with van der Waals surface area (Å²) in [4.78, 5) is 1.86. The predicted molar refractivity (Wildman–Crippen MR) is 58.4 cm³/mol. The van der Waals surface area contributed by atoms with E-state index in [1.807, 2.05) is 4.90 Å². The first-order valence-corrected chi connectivity index (χ1v) is 5.37. The zero-order valence-electron chi connectivity index (χ0n) is 9.17. The Hall–Kier alpha value is -1.48. The van der Waals surface area contributed by atoms with Crippen LogP contribution >= 0.6 is 0 Å². The summed E-state index contributed by atoms with van der Waals surface area (Å²) in [5, 5.41) is 27.5. The summed E-state index contributed by atoms with van der Waals surface area (Å²) in [6, 6.07) is 6.14. The molecule has 0 aliphatic carbocycles. The number of benzene rings is 1. The standard InChI is InChI=1S/C12H13FN2O2/c13-10-2-1-8(3-9(10)4-14)5-15-6-11(16)12(17)7-15/h1-3,11-12,16-17H,5-7H2. The molecule has 1 aliphatic rings. The molecule has 1 aliphatic heterocycles. The lowest BCUT2D eigenvalue weighted by molar-refractivity contribution is 0.0572. The van der Waals surface area contributed by atoms with E-state index < -0.39 is 18.0 Å². The molecule has 1 heterocycles. The zero-order valence-corrected chi connectivity index (χ0v) is 9.17. The molecule has 0 radical (unpaired) electrons. The minimum absolute atomic E-state index is 0.0165. The molecule has 0 saturated carbocycles. The number of hydrogen-bond acceptors (Lipinski definition) is 4. The maximum atomic E-state index is 13.1. The van der Waals surface area contributed by atoms with E-state index in [0.717, 1.165) is 5.56 Å². The van der Waals surface area contributed by atoms with Crippen molar-refractivity contribution in [2.75, 3.05) is 13.1 Å². The molecular weight excluding hydrogens is 223 g/mol. The van der Waals surface area contributed by atoms with Crippen molar-refractivity contribution in [1.82, 2.24) is 4.90 Å². The third-order valence-corrected chi connectivity index (χ3v) is 2.89. The van der Waals surface area contributed by atoms with Gasteiger partial charge in [-0.3, -0.25) is 4.90 Å². The van der Waals surface area contributed by atoms with E-state index in [4.69, 9.17) is 5.26 Å². The molecule has 90 valence electrons. The molecule has 1 saturated heterocycles. The Morgan fingerprint density at radius 2 is 2.00 bits per heavy atom. The summed E-state index contributed by atoms with van der Waals surface area (Å²) < 4.78 is 13.1. The highest BCUT2D eigenvalue weighted by molar-refractivity contribution is 5.34. The summed E-state index contributed by atoms with van der Waals surface area (Å²) in [5.74, 6) is -0.530. The highest BCUT2D eigenvalue weighted by atomic mass is 19.1. The van der Waals surface area contributed by atoms with Gasteiger partial charge < -0.3 is 10.2 Å². The summed E-state index contributed by atoms with van der Waals surface area (Å²) >= 11 is 0. The summed E-state index contributed by atoms with van der Waals surface area (Å²) in [7, 11) is 0. The summed E-state index contributed by atoms with van der Waals surface area (Å²) in [5.41, 5.74) is 0.812. The van der Waals surface area contributed by atoms with Gasteiger partial charge >= 0.3 is 0 Å². The first-order chi connectivity index (χ1) is 8.10. The lowest BCUT2D eigenvalue weighted by atomic mass is 10.1. The van der Waals surface area contributed by atoms with Crippen molar-refractivity contribution in [2.45, 2.75) is 18.8 Å². The normalized spacial score (nSPS) is 24.8. The van der Waals surface area contributed by atoms with Crippen molar-refractivity contribution in [2.24, 2.45) is 0 Å². The molecule has 1 aromatic carbocycles. The Bertz CT molecular complexity index is 448. The topological polar surface area (TPSA) is 67.5 Å². The smallest absolute Gasteiger partial charge is 0.140 e. The largest absolute Gasteiger partial charge is 0.389 e. The summed E-state index contributed by atoms with van der Waals surface area (Å²) in [6.07, 6.45) is -1.46. The molecule has 2 N–H and O–H groups in total. The maximum Gasteiger partial charge on any atom is 0.140 e. The van der Waals surface area contributed by atoms with E-state index in [2.05, 4.69) is 0 Å². The number of nitrogens with zero attached hydrogens (tertiary/aromatic N) is 2. The van der Waals surface area contributed by atoms with Crippen molar-refractivity contribution < 1.29 is 14.6 Å². The Kier molecular flexibility index (Phi) is 3.38. The number of aliphatic hydroxyl groups excluding tert-OH is 2. The number of likely N-dealkylation sites (tertiary alicyclic amines) is 1. The van der Waals surface area contributed by atoms with E-state index in [1.165, 1.54) is 12.1 Å². The van der Waals surface area contributed by atoms with Gasteiger partial charge in [0.25, 0.3) is 0 Å². The Labute approximate surface area is 98.5 Å². The van der Waals surface area contributed by atoms with Crippen LogP contribution in [-0.2, 0) is 6.54 Å². The molecule has 17 heavy (non-hydrogen) atoms. The highest BCUT2D eigenvalue weighted by Crippen LogP contribution is 2.16. The Morgan fingerprint density at radius 1 is 1.35 bits per heavy atom. The fourth-order valence-electron chi connectivity index (χ4n) is 1.99. The SMILES string of the molecule is N#Cc1cc(CN2CC(O)C(O)C2)ccc1F. The quantitative estimate of drug-likeness (QED) is 0.771. The van der Waals surface area contributed by atoms with Gasteiger partial charge in [0.05, 0.1) is 17.8 Å². The molecule has 0 aromatic heterocycles. The monoisotopic (exact) mass is 236 g/mol. The molecule has 1 fully saturated rings. The van der Waals surface area contributed by atoms with Gasteiger partial charge in [0.15, 0.2) is 0 Å². The highest BCUT2D eigenvalue weighted by Gasteiger charge is 2.29. The number of nitriles is 1. The molecule has 2 atom stereocenters. The third-order valence-electron chi connectivity index (χ3n) is 2.89. The van der Waals surface area contributed by atoms with Gasteiger partial charge in [0.2, 0.25) is 0 Å². The fourth-order valence-corrected chi connectivity index (χ4v) is 1.99. The molecule has 2 unspecified atom stereocenters. The molecular formula is C12H13FN2O2. The average molecular weight is 236 g/mol. The van der Waals surface area contributed by atoms with Gasteiger partial charge in [-0.2, -0.15) is 5.26 Å². The van der Waals surface area contributed by atoms with Crippen LogP contribution < -0.4 is 0 Å². The van der Waals surface area contributed by atoms with Crippen LogP contribution in [0, 0.1) is 17.1 Å². The first kappa shape index (κ1) is 12.0. The summed E-state index contributed by atoms with van der Waals surface area (Å²) in [6.45, 7) is 1.27. The minimum atomic E-state index is -0.731. The van der Waals surface area contributed by atoms with Crippen molar-refractivity contribution >= 4 is 0 Å². The molecule has 0 amide bonds. The molecule has 5 heteroatoms. The minimum Gasteiger partial charge on any atom is -0.389 e. The van der Waals surface area contributed by atoms with Gasteiger partial charge in [0.1, 0.15) is 11.9 Å². The van der Waals surface area contributed by atoms with Crippen LogP contribution in [0.15, 0.2) is 18.2 Å². The number of aliphatic hydroxyl groups is 2. The second-order valence-corrected chi connectivity index (χ2v) is 4.25. The van der Waals surface area contributed by atoms with Gasteiger partial charge in [-0.1, -0.05) is 6.07 Å². The molecule has 2 rings (SSSR count). The zero-order chi connectivity index (χ0) is 12.4. The van der Waals surface area contributed by atoms with E-state index in [0.29, 0.717) is 19.6 Å². The van der Waals surface area contributed by atoms with Gasteiger partial charge in [0, 0.05) is 19.6 Å². The number of β-amino-alcohol motifs (C(OH)–C–C–N with tert-alkyl or cyclic N) is 2. The van der Waals surface area contributed by atoms with Crippen LogP contribution in [0.1, 0.15) is 11.1 Å². The van der Waals surface area contributed by atoms with Crippen molar-refractivity contribution in [1.29, 1.82) is 5.26 Å². The molecule has 0 bridgehead atoms.